The van der Waals surface area contributed by atoms with Gasteiger partial charge in [-0.3, -0.25) is 10.1 Å². The van der Waals surface area contributed by atoms with E-state index in [9.17, 15) is 10.1 Å². The lowest BCUT2D eigenvalue weighted by molar-refractivity contribution is -0.385. The molecule has 0 saturated carbocycles. The van der Waals surface area contributed by atoms with E-state index in [-0.39, 0.29) is 23.4 Å². The molecule has 2 rings (SSSR count). The highest BCUT2D eigenvalue weighted by Gasteiger charge is 2.25. The lowest BCUT2D eigenvalue weighted by Gasteiger charge is -2.16. The first-order valence-electron chi connectivity index (χ1n) is 6.73. The Morgan fingerprint density at radius 3 is 2.32 bits per heavy atom. The molecular formula is C16H15Cl2NO3. The van der Waals surface area contributed by atoms with Crippen molar-refractivity contribution in [3.8, 4) is 5.75 Å². The number of nitro benzene ring substituents is 1. The fourth-order valence-corrected chi connectivity index (χ4v) is 2.80. The highest BCUT2D eigenvalue weighted by molar-refractivity contribution is 6.21. The fourth-order valence-electron chi connectivity index (χ4n) is 2.16. The van der Waals surface area contributed by atoms with Crippen molar-refractivity contribution in [2.75, 3.05) is 11.8 Å². The Morgan fingerprint density at radius 1 is 1.05 bits per heavy atom. The highest BCUT2D eigenvalue weighted by atomic mass is 35.5. The Balaban J connectivity index is 2.33. The van der Waals surface area contributed by atoms with Gasteiger partial charge < -0.3 is 4.74 Å². The lowest BCUT2D eigenvalue weighted by atomic mass is 9.99. The molecular weight excluding hydrogens is 325 g/mol. The smallest absolute Gasteiger partial charge is 0.276 e. The molecule has 22 heavy (non-hydrogen) atoms. The number of alkyl halides is 2. The Hall–Kier alpha value is -1.78. The largest absolute Gasteiger partial charge is 0.488 e. The topological polar surface area (TPSA) is 52.4 Å². The van der Waals surface area contributed by atoms with E-state index in [2.05, 4.69) is 0 Å². The van der Waals surface area contributed by atoms with Crippen LogP contribution in [0.4, 0.5) is 5.69 Å². The van der Waals surface area contributed by atoms with Crippen LogP contribution in [0.5, 0.6) is 5.75 Å². The molecule has 0 atom stereocenters. The van der Waals surface area contributed by atoms with Crippen LogP contribution in [0.2, 0.25) is 0 Å². The summed E-state index contributed by atoms with van der Waals surface area (Å²) in [6.45, 7) is 0.326. The normalized spacial score (nSPS) is 10.7. The molecule has 0 aromatic heterocycles. The molecule has 0 fully saturated rings. The Kier molecular flexibility index (Phi) is 6.04. The number of benzene rings is 2. The predicted octanol–water partition coefficient (Wildman–Crippen LogP) is 4.74. The Labute approximate surface area is 138 Å². The second-order valence-corrected chi connectivity index (χ2v) is 5.34. The zero-order chi connectivity index (χ0) is 15.9. The van der Waals surface area contributed by atoms with Gasteiger partial charge in [-0.25, -0.2) is 0 Å². The van der Waals surface area contributed by atoms with Gasteiger partial charge in [-0.2, -0.15) is 0 Å². The molecule has 0 saturated heterocycles. The number of halogens is 2. The van der Waals surface area contributed by atoms with E-state index in [0.29, 0.717) is 17.9 Å². The van der Waals surface area contributed by atoms with E-state index in [4.69, 9.17) is 27.9 Å². The minimum Gasteiger partial charge on any atom is -0.488 e. The molecule has 0 aliphatic heterocycles. The van der Waals surface area contributed by atoms with Crippen molar-refractivity contribution in [3.63, 3.8) is 0 Å². The quantitative estimate of drug-likeness (QED) is 0.416. The van der Waals surface area contributed by atoms with Crippen molar-refractivity contribution in [1.29, 1.82) is 0 Å². The first-order valence-corrected chi connectivity index (χ1v) is 7.80. The molecule has 116 valence electrons. The van der Waals surface area contributed by atoms with Crippen molar-refractivity contribution in [2.24, 2.45) is 0 Å². The van der Waals surface area contributed by atoms with Crippen LogP contribution >= 0.6 is 23.2 Å². The Morgan fingerprint density at radius 2 is 1.73 bits per heavy atom. The summed E-state index contributed by atoms with van der Waals surface area (Å²) in [7, 11) is 0. The van der Waals surface area contributed by atoms with Crippen LogP contribution in [0.3, 0.4) is 0 Å². The first-order chi connectivity index (χ1) is 10.7. The summed E-state index contributed by atoms with van der Waals surface area (Å²) < 4.78 is 5.78. The molecule has 0 aliphatic carbocycles. The summed E-state index contributed by atoms with van der Waals surface area (Å²) in [5.74, 6) is 0.492. The van der Waals surface area contributed by atoms with Gasteiger partial charge in [0.15, 0.2) is 0 Å². The van der Waals surface area contributed by atoms with Gasteiger partial charge in [0.2, 0.25) is 0 Å². The van der Waals surface area contributed by atoms with Crippen molar-refractivity contribution in [1.82, 2.24) is 0 Å². The van der Waals surface area contributed by atoms with E-state index in [1.54, 1.807) is 12.1 Å². The van der Waals surface area contributed by atoms with Crippen LogP contribution in [0, 0.1) is 10.1 Å². The van der Waals surface area contributed by atoms with Crippen LogP contribution in [-0.2, 0) is 6.61 Å². The van der Waals surface area contributed by atoms with E-state index in [1.165, 1.54) is 6.07 Å². The third-order valence-electron chi connectivity index (χ3n) is 3.26. The maximum Gasteiger partial charge on any atom is 0.276 e. The van der Waals surface area contributed by atoms with E-state index < -0.39 is 4.92 Å². The van der Waals surface area contributed by atoms with Crippen LogP contribution in [0.1, 0.15) is 17.0 Å². The molecule has 0 spiro atoms. The van der Waals surface area contributed by atoms with Crippen LogP contribution in [-0.4, -0.2) is 16.7 Å². The number of ether oxygens (including phenoxy) is 1. The van der Waals surface area contributed by atoms with Gasteiger partial charge in [0.25, 0.3) is 5.69 Å². The summed E-state index contributed by atoms with van der Waals surface area (Å²) in [6, 6.07) is 14.3. The van der Waals surface area contributed by atoms with Gasteiger partial charge in [-0.15, -0.1) is 23.2 Å². The summed E-state index contributed by atoms with van der Waals surface area (Å²) in [6.07, 6.45) is 0. The molecule has 0 bridgehead atoms. The predicted molar refractivity (Wildman–Crippen MR) is 88.1 cm³/mol. The molecule has 0 unspecified atom stereocenters. The molecule has 2 aromatic rings. The van der Waals surface area contributed by atoms with Gasteiger partial charge in [0, 0.05) is 23.7 Å². The number of rotatable bonds is 7. The molecule has 4 nitrogen and oxygen atoms in total. The van der Waals surface area contributed by atoms with Crippen LogP contribution in [0.15, 0.2) is 48.5 Å². The summed E-state index contributed by atoms with van der Waals surface area (Å²) in [5, 5.41) is 11.2. The number of hydrogen-bond acceptors (Lipinski definition) is 3. The number of hydrogen-bond donors (Lipinski definition) is 0. The van der Waals surface area contributed by atoms with Crippen molar-refractivity contribution in [2.45, 2.75) is 12.5 Å². The maximum absolute atomic E-state index is 11.2. The van der Waals surface area contributed by atoms with E-state index in [0.717, 1.165) is 5.56 Å². The molecule has 0 heterocycles. The lowest BCUT2D eigenvalue weighted by Crippen LogP contribution is -2.09. The van der Waals surface area contributed by atoms with Gasteiger partial charge in [0.05, 0.1) is 10.5 Å². The second-order valence-electron chi connectivity index (χ2n) is 4.73. The maximum atomic E-state index is 11.2. The average molecular weight is 340 g/mol. The monoisotopic (exact) mass is 339 g/mol. The van der Waals surface area contributed by atoms with Crippen molar-refractivity contribution >= 4 is 28.9 Å². The molecule has 2 aromatic carbocycles. The number of nitro groups is 1. The third kappa shape index (κ3) is 3.90. The standard InChI is InChI=1S/C16H15Cl2NO3/c17-9-13(10-18)16-14(19(20)21)7-4-8-15(16)22-11-12-5-2-1-3-6-12/h1-8,13H,9-11H2. The average Bonchev–Trinajstić information content (AvgIpc) is 2.55. The third-order valence-corrected chi connectivity index (χ3v) is 4.00. The molecule has 0 radical (unpaired) electrons. The van der Waals surface area contributed by atoms with E-state index >= 15 is 0 Å². The van der Waals surface area contributed by atoms with Gasteiger partial charge in [-0.1, -0.05) is 36.4 Å². The summed E-state index contributed by atoms with van der Waals surface area (Å²) in [5.41, 5.74) is 1.42. The Bertz CT molecular complexity index is 631. The molecule has 0 N–H and O–H groups in total. The first kappa shape index (κ1) is 16.6. The zero-order valence-corrected chi connectivity index (χ0v) is 13.3. The summed E-state index contributed by atoms with van der Waals surface area (Å²) in [4.78, 5) is 10.8. The fraction of sp³-hybridized carbons (Fsp3) is 0.250. The van der Waals surface area contributed by atoms with E-state index in [1.807, 2.05) is 30.3 Å². The zero-order valence-electron chi connectivity index (χ0n) is 11.7. The SMILES string of the molecule is O=[N+]([O-])c1cccc(OCc2ccccc2)c1C(CCl)CCl. The van der Waals surface area contributed by atoms with Crippen LogP contribution < -0.4 is 4.74 Å². The second kappa shape index (κ2) is 8.01. The van der Waals surface area contributed by atoms with Gasteiger partial charge in [-0.05, 0) is 11.6 Å². The number of nitrogens with zero attached hydrogens (tertiary/aromatic N) is 1. The highest BCUT2D eigenvalue weighted by Crippen LogP contribution is 2.36. The van der Waals surface area contributed by atoms with Gasteiger partial charge in [0.1, 0.15) is 12.4 Å². The van der Waals surface area contributed by atoms with Crippen LogP contribution in [0.25, 0.3) is 0 Å². The molecule has 6 heteroatoms. The molecule has 0 aliphatic rings. The van der Waals surface area contributed by atoms with Crippen molar-refractivity contribution < 1.29 is 9.66 Å². The minimum absolute atomic E-state index is 0.0168. The molecule has 0 amide bonds. The van der Waals surface area contributed by atoms with Gasteiger partial charge >= 0.3 is 0 Å². The summed E-state index contributed by atoms with van der Waals surface area (Å²) >= 11 is 11.8. The minimum atomic E-state index is -0.434. The van der Waals surface area contributed by atoms with Crippen molar-refractivity contribution in [3.05, 3.63) is 69.8 Å².